The van der Waals surface area contributed by atoms with Crippen LogP contribution in [0.15, 0.2) is 36.8 Å². The van der Waals surface area contributed by atoms with Crippen molar-refractivity contribution in [1.29, 1.82) is 0 Å². The fourth-order valence-electron chi connectivity index (χ4n) is 2.14. The molecule has 23 heavy (non-hydrogen) atoms. The number of carbonyl (C=O) groups is 2. The number of hydrogen-bond donors (Lipinski definition) is 2. The van der Waals surface area contributed by atoms with Gasteiger partial charge in [0.25, 0.3) is 0 Å². The first kappa shape index (κ1) is 16.7. The Morgan fingerprint density at radius 3 is 2.78 bits per heavy atom. The molecule has 0 unspecified atom stereocenters. The van der Waals surface area contributed by atoms with Crippen molar-refractivity contribution < 1.29 is 9.59 Å². The number of rotatable bonds is 8. The van der Waals surface area contributed by atoms with E-state index in [0.29, 0.717) is 24.5 Å². The van der Waals surface area contributed by atoms with Gasteiger partial charge in [0.2, 0.25) is 11.8 Å². The van der Waals surface area contributed by atoms with Crippen LogP contribution in [0.5, 0.6) is 0 Å². The van der Waals surface area contributed by atoms with Gasteiger partial charge in [-0.2, -0.15) is 5.10 Å². The molecule has 0 aliphatic heterocycles. The van der Waals surface area contributed by atoms with Gasteiger partial charge >= 0.3 is 0 Å². The summed E-state index contributed by atoms with van der Waals surface area (Å²) < 4.78 is 1.61. The molecule has 2 heterocycles. The second-order valence-corrected chi connectivity index (χ2v) is 5.17. The number of carbonyl (C=O) groups excluding carboxylic acids is 2. The Hall–Kier alpha value is -2.70. The van der Waals surface area contributed by atoms with E-state index in [1.165, 1.54) is 6.92 Å². The molecule has 0 radical (unpaired) electrons. The molecule has 2 N–H and O–H groups in total. The van der Waals surface area contributed by atoms with E-state index in [0.717, 1.165) is 19.3 Å². The first-order valence-corrected chi connectivity index (χ1v) is 7.66. The minimum Gasteiger partial charge on any atom is -0.356 e. The third-order valence-electron chi connectivity index (χ3n) is 3.24. The van der Waals surface area contributed by atoms with E-state index in [4.69, 9.17) is 0 Å². The smallest absolute Gasteiger partial charge is 0.224 e. The number of hydrogen-bond acceptors (Lipinski definition) is 4. The van der Waals surface area contributed by atoms with Gasteiger partial charge in [-0.3, -0.25) is 9.59 Å². The minimum absolute atomic E-state index is 0.0227. The molecule has 2 rings (SSSR count). The summed E-state index contributed by atoms with van der Waals surface area (Å²) in [5.41, 5.74) is 0.638. The zero-order valence-electron chi connectivity index (χ0n) is 13.2. The molecule has 7 nitrogen and oxygen atoms in total. The fraction of sp³-hybridized carbons (Fsp3) is 0.375. The first-order chi connectivity index (χ1) is 11.2. The second kappa shape index (κ2) is 8.67. The number of aromatic nitrogens is 3. The zero-order chi connectivity index (χ0) is 16.5. The Morgan fingerprint density at radius 1 is 1.17 bits per heavy atom. The van der Waals surface area contributed by atoms with Crippen LogP contribution in [0.2, 0.25) is 0 Å². The van der Waals surface area contributed by atoms with Crippen LogP contribution >= 0.6 is 0 Å². The predicted molar refractivity (Wildman–Crippen MR) is 87.1 cm³/mol. The normalized spacial score (nSPS) is 10.3. The average molecular weight is 315 g/mol. The highest BCUT2D eigenvalue weighted by molar-refractivity contribution is 5.92. The number of amides is 2. The third kappa shape index (κ3) is 5.54. The monoisotopic (exact) mass is 315 g/mol. The number of nitrogens with one attached hydrogen (secondary N) is 2. The van der Waals surface area contributed by atoms with Gasteiger partial charge in [0.1, 0.15) is 0 Å². The molecule has 0 saturated heterocycles. The standard InChI is InChI=1S/C16H21N5O2/c1-13(22)17-9-4-2-3-8-15(23)20-14-7-5-10-18-16(14)21-12-6-11-19-21/h5-7,10-12H,2-4,8-9H2,1H3,(H,17,22)(H,20,23). The van der Waals surface area contributed by atoms with E-state index in [1.54, 1.807) is 41.5 Å². The molecule has 0 aliphatic rings. The molecule has 0 spiro atoms. The molecule has 0 fully saturated rings. The highest BCUT2D eigenvalue weighted by Gasteiger charge is 2.09. The molecule has 0 saturated carbocycles. The van der Waals surface area contributed by atoms with Crippen molar-refractivity contribution in [3.8, 4) is 5.82 Å². The molecule has 2 amide bonds. The molecular formula is C16H21N5O2. The summed E-state index contributed by atoms with van der Waals surface area (Å²) >= 11 is 0. The van der Waals surface area contributed by atoms with E-state index < -0.39 is 0 Å². The van der Waals surface area contributed by atoms with Crippen LogP contribution in [-0.4, -0.2) is 33.1 Å². The van der Waals surface area contributed by atoms with E-state index in [2.05, 4.69) is 20.7 Å². The lowest BCUT2D eigenvalue weighted by Gasteiger charge is -2.10. The van der Waals surface area contributed by atoms with Crippen LogP contribution in [0.3, 0.4) is 0 Å². The van der Waals surface area contributed by atoms with Crippen LogP contribution in [0.25, 0.3) is 5.82 Å². The molecule has 0 aromatic carbocycles. The van der Waals surface area contributed by atoms with Gasteiger partial charge in [-0.1, -0.05) is 6.42 Å². The van der Waals surface area contributed by atoms with E-state index in [-0.39, 0.29) is 11.8 Å². The maximum atomic E-state index is 12.0. The number of unbranched alkanes of at least 4 members (excludes halogenated alkanes) is 2. The highest BCUT2D eigenvalue weighted by atomic mass is 16.2. The minimum atomic E-state index is -0.0501. The van der Waals surface area contributed by atoms with Gasteiger partial charge < -0.3 is 10.6 Å². The quantitative estimate of drug-likeness (QED) is 0.728. The zero-order valence-corrected chi connectivity index (χ0v) is 13.2. The fourth-order valence-corrected chi connectivity index (χ4v) is 2.14. The van der Waals surface area contributed by atoms with E-state index in [9.17, 15) is 9.59 Å². The molecule has 2 aromatic heterocycles. The average Bonchev–Trinajstić information content (AvgIpc) is 3.05. The summed E-state index contributed by atoms with van der Waals surface area (Å²) in [5.74, 6) is 0.521. The summed E-state index contributed by atoms with van der Waals surface area (Å²) in [6, 6.07) is 5.38. The molecular weight excluding hydrogens is 294 g/mol. The van der Waals surface area contributed by atoms with Crippen molar-refractivity contribution in [2.24, 2.45) is 0 Å². The maximum Gasteiger partial charge on any atom is 0.224 e. The van der Waals surface area contributed by atoms with E-state index >= 15 is 0 Å². The predicted octanol–water partition coefficient (Wildman–Crippen LogP) is 1.90. The van der Waals surface area contributed by atoms with Crippen molar-refractivity contribution in [1.82, 2.24) is 20.1 Å². The van der Waals surface area contributed by atoms with Crippen LogP contribution in [0, 0.1) is 0 Å². The summed E-state index contributed by atoms with van der Waals surface area (Å²) in [6.45, 7) is 2.15. The summed E-state index contributed by atoms with van der Waals surface area (Å²) in [5, 5.41) is 9.75. The highest BCUT2D eigenvalue weighted by Crippen LogP contribution is 2.16. The lowest BCUT2D eigenvalue weighted by Crippen LogP contribution is -2.20. The van der Waals surface area contributed by atoms with Gasteiger partial charge in [0.05, 0.1) is 5.69 Å². The summed E-state index contributed by atoms with van der Waals surface area (Å²) in [7, 11) is 0. The second-order valence-electron chi connectivity index (χ2n) is 5.17. The topological polar surface area (TPSA) is 88.9 Å². The summed E-state index contributed by atoms with van der Waals surface area (Å²) in [4.78, 5) is 27.0. The molecule has 0 atom stereocenters. The SMILES string of the molecule is CC(=O)NCCCCCC(=O)Nc1cccnc1-n1cccn1. The van der Waals surface area contributed by atoms with Crippen LogP contribution in [0.4, 0.5) is 5.69 Å². The number of nitrogens with zero attached hydrogens (tertiary/aromatic N) is 3. The molecule has 2 aromatic rings. The Morgan fingerprint density at radius 2 is 2.04 bits per heavy atom. The Bertz CT molecular complexity index is 640. The maximum absolute atomic E-state index is 12.0. The van der Waals surface area contributed by atoms with Crippen LogP contribution in [-0.2, 0) is 9.59 Å². The van der Waals surface area contributed by atoms with Crippen molar-refractivity contribution >= 4 is 17.5 Å². The number of anilines is 1. The lowest BCUT2D eigenvalue weighted by atomic mass is 10.2. The van der Waals surface area contributed by atoms with Crippen molar-refractivity contribution in [2.45, 2.75) is 32.6 Å². The van der Waals surface area contributed by atoms with Gasteiger partial charge in [0, 0.05) is 38.5 Å². The van der Waals surface area contributed by atoms with Gasteiger partial charge in [-0.15, -0.1) is 0 Å². The Labute approximate surface area is 135 Å². The summed E-state index contributed by atoms with van der Waals surface area (Å²) in [6.07, 6.45) is 8.09. The van der Waals surface area contributed by atoms with Gasteiger partial charge in [-0.05, 0) is 31.0 Å². The van der Waals surface area contributed by atoms with Crippen molar-refractivity contribution in [3.05, 3.63) is 36.8 Å². The van der Waals surface area contributed by atoms with Gasteiger partial charge in [-0.25, -0.2) is 9.67 Å². The van der Waals surface area contributed by atoms with E-state index in [1.807, 2.05) is 0 Å². The molecule has 0 bridgehead atoms. The molecule has 122 valence electrons. The van der Waals surface area contributed by atoms with Crippen molar-refractivity contribution in [3.63, 3.8) is 0 Å². The first-order valence-electron chi connectivity index (χ1n) is 7.66. The number of pyridine rings is 1. The molecule has 0 aliphatic carbocycles. The third-order valence-corrected chi connectivity index (χ3v) is 3.24. The Kier molecular flexibility index (Phi) is 6.28. The van der Waals surface area contributed by atoms with Crippen LogP contribution < -0.4 is 10.6 Å². The Balaban J connectivity index is 1.79. The van der Waals surface area contributed by atoms with Gasteiger partial charge in [0.15, 0.2) is 5.82 Å². The molecule has 7 heteroatoms. The van der Waals surface area contributed by atoms with Crippen molar-refractivity contribution in [2.75, 3.05) is 11.9 Å². The lowest BCUT2D eigenvalue weighted by molar-refractivity contribution is -0.119. The largest absolute Gasteiger partial charge is 0.356 e. The van der Waals surface area contributed by atoms with Crippen LogP contribution in [0.1, 0.15) is 32.6 Å².